The highest BCUT2D eigenvalue weighted by Gasteiger charge is 2.13. The van der Waals surface area contributed by atoms with Gasteiger partial charge in [-0.1, -0.05) is 27.5 Å². The lowest BCUT2D eigenvalue weighted by Crippen LogP contribution is -2.12. The number of carbonyl (C=O) groups excluding carboxylic acids is 1. The van der Waals surface area contributed by atoms with Gasteiger partial charge in [0.15, 0.2) is 0 Å². The zero-order chi connectivity index (χ0) is 14.9. The van der Waals surface area contributed by atoms with Gasteiger partial charge in [-0.05, 0) is 62.2 Å². The van der Waals surface area contributed by atoms with Crippen LogP contribution < -0.4 is 5.32 Å². The molecule has 0 radical (unpaired) electrons. The summed E-state index contributed by atoms with van der Waals surface area (Å²) in [7, 11) is 0. The van der Waals surface area contributed by atoms with E-state index >= 15 is 0 Å². The van der Waals surface area contributed by atoms with Crippen molar-refractivity contribution in [3.05, 3.63) is 54.3 Å². The molecule has 2 N–H and O–H groups in total. The Bertz CT molecular complexity index is 668. The maximum absolute atomic E-state index is 12.2. The first-order chi connectivity index (χ1) is 9.38. The lowest BCUT2D eigenvalue weighted by molar-refractivity contribution is 0.102. The van der Waals surface area contributed by atoms with Gasteiger partial charge in [0.1, 0.15) is 5.75 Å². The fourth-order valence-corrected chi connectivity index (χ4v) is 3.26. The van der Waals surface area contributed by atoms with Crippen molar-refractivity contribution in [2.24, 2.45) is 0 Å². The molecule has 0 aromatic heterocycles. The summed E-state index contributed by atoms with van der Waals surface area (Å²) < 4.78 is 1.71. The quantitative estimate of drug-likeness (QED) is 0.547. The number of halogens is 4. The number of hydrogen-bond acceptors (Lipinski definition) is 2. The van der Waals surface area contributed by atoms with Crippen LogP contribution in [0, 0.1) is 0 Å². The van der Waals surface area contributed by atoms with Crippen LogP contribution in [0.5, 0.6) is 5.75 Å². The van der Waals surface area contributed by atoms with Gasteiger partial charge >= 0.3 is 0 Å². The fraction of sp³-hybridized carbons (Fsp3) is 0. The summed E-state index contributed by atoms with van der Waals surface area (Å²) in [6.07, 6.45) is 0. The van der Waals surface area contributed by atoms with Crippen molar-refractivity contribution in [2.45, 2.75) is 0 Å². The molecule has 0 unspecified atom stereocenters. The zero-order valence-electron chi connectivity index (χ0n) is 9.75. The molecule has 0 aliphatic heterocycles. The van der Waals surface area contributed by atoms with E-state index in [1.165, 1.54) is 0 Å². The summed E-state index contributed by atoms with van der Waals surface area (Å²) in [5.41, 5.74) is 0.893. The Morgan fingerprint density at radius 2 is 1.70 bits per heavy atom. The standard InChI is InChI=1S/C13H7Br3ClNO2/c14-6-1-2-11(17)8(3-6)13(20)18-7-4-9(15)12(19)10(16)5-7/h1-5,19H,(H,18,20). The first kappa shape index (κ1) is 15.8. The van der Waals surface area contributed by atoms with E-state index in [0.717, 1.165) is 4.47 Å². The number of nitrogens with one attached hydrogen (secondary N) is 1. The molecule has 0 aliphatic carbocycles. The second-order valence-corrected chi connectivity index (χ2v) is 6.90. The van der Waals surface area contributed by atoms with Crippen LogP contribution in [0.2, 0.25) is 5.02 Å². The van der Waals surface area contributed by atoms with Gasteiger partial charge in [0.2, 0.25) is 0 Å². The predicted molar refractivity (Wildman–Crippen MR) is 90.6 cm³/mol. The molecule has 0 spiro atoms. The Morgan fingerprint density at radius 3 is 2.30 bits per heavy atom. The van der Waals surface area contributed by atoms with Gasteiger partial charge < -0.3 is 10.4 Å². The summed E-state index contributed by atoms with van der Waals surface area (Å²) in [4.78, 5) is 12.2. The third-order valence-electron chi connectivity index (χ3n) is 2.45. The predicted octanol–water partition coefficient (Wildman–Crippen LogP) is 5.59. The average molecular weight is 484 g/mol. The van der Waals surface area contributed by atoms with Gasteiger partial charge in [-0.2, -0.15) is 0 Å². The molecule has 0 saturated heterocycles. The molecule has 1 amide bonds. The number of rotatable bonds is 2. The van der Waals surface area contributed by atoms with E-state index in [9.17, 15) is 9.90 Å². The molecular weight excluding hydrogens is 477 g/mol. The van der Waals surface area contributed by atoms with Gasteiger partial charge in [-0.25, -0.2) is 0 Å². The number of benzene rings is 2. The lowest BCUT2D eigenvalue weighted by atomic mass is 10.2. The van der Waals surface area contributed by atoms with Crippen LogP contribution in [-0.2, 0) is 0 Å². The van der Waals surface area contributed by atoms with E-state index < -0.39 is 0 Å². The summed E-state index contributed by atoms with van der Waals surface area (Å²) in [5, 5.41) is 12.7. The summed E-state index contributed by atoms with van der Waals surface area (Å²) in [5.74, 6) is -0.260. The van der Waals surface area contributed by atoms with E-state index in [1.54, 1.807) is 30.3 Å². The van der Waals surface area contributed by atoms with E-state index in [4.69, 9.17) is 11.6 Å². The van der Waals surface area contributed by atoms with Crippen molar-refractivity contribution in [2.75, 3.05) is 5.32 Å². The highest BCUT2D eigenvalue weighted by molar-refractivity contribution is 9.11. The SMILES string of the molecule is O=C(Nc1cc(Br)c(O)c(Br)c1)c1cc(Br)ccc1Cl. The Labute approximate surface area is 145 Å². The zero-order valence-corrected chi connectivity index (χ0v) is 15.3. The van der Waals surface area contributed by atoms with Gasteiger partial charge in [0.05, 0.1) is 19.5 Å². The summed E-state index contributed by atoms with van der Waals surface area (Å²) in [6, 6.07) is 8.24. The van der Waals surface area contributed by atoms with E-state index in [1.807, 2.05) is 0 Å². The van der Waals surface area contributed by atoms with E-state index in [-0.39, 0.29) is 11.7 Å². The Morgan fingerprint density at radius 1 is 1.10 bits per heavy atom. The molecule has 104 valence electrons. The minimum Gasteiger partial charge on any atom is -0.506 e. The largest absolute Gasteiger partial charge is 0.506 e. The molecule has 0 bridgehead atoms. The number of amides is 1. The Balaban J connectivity index is 2.30. The van der Waals surface area contributed by atoms with Crippen LogP contribution in [0.3, 0.4) is 0 Å². The minimum atomic E-state index is -0.333. The lowest BCUT2D eigenvalue weighted by Gasteiger charge is -2.09. The first-order valence-electron chi connectivity index (χ1n) is 5.33. The van der Waals surface area contributed by atoms with Crippen molar-refractivity contribution in [3.8, 4) is 5.75 Å². The second-order valence-electron chi connectivity index (χ2n) is 3.87. The van der Waals surface area contributed by atoms with Crippen molar-refractivity contribution in [1.82, 2.24) is 0 Å². The van der Waals surface area contributed by atoms with Gasteiger partial charge in [-0.3, -0.25) is 4.79 Å². The molecule has 3 nitrogen and oxygen atoms in total. The molecule has 0 atom stereocenters. The highest BCUT2D eigenvalue weighted by Crippen LogP contribution is 2.35. The fourth-order valence-electron chi connectivity index (χ4n) is 1.51. The number of hydrogen-bond donors (Lipinski definition) is 2. The molecule has 0 heterocycles. The first-order valence-corrected chi connectivity index (χ1v) is 8.08. The topological polar surface area (TPSA) is 49.3 Å². The molecule has 0 saturated carbocycles. The molecule has 2 aromatic rings. The van der Waals surface area contributed by atoms with Crippen molar-refractivity contribution in [1.29, 1.82) is 0 Å². The van der Waals surface area contributed by atoms with Crippen LogP contribution in [0.1, 0.15) is 10.4 Å². The number of aromatic hydroxyl groups is 1. The number of phenolic OH excluding ortho intramolecular Hbond substituents is 1. The smallest absolute Gasteiger partial charge is 0.257 e. The van der Waals surface area contributed by atoms with Gasteiger partial charge in [-0.15, -0.1) is 0 Å². The molecule has 2 aromatic carbocycles. The molecular formula is C13H7Br3ClNO2. The Kier molecular flexibility index (Phi) is 5.12. The van der Waals surface area contributed by atoms with Crippen LogP contribution >= 0.6 is 59.4 Å². The summed E-state index contributed by atoms with van der Waals surface area (Å²) >= 11 is 15.7. The van der Waals surface area contributed by atoms with Gasteiger partial charge in [0.25, 0.3) is 5.91 Å². The highest BCUT2D eigenvalue weighted by atomic mass is 79.9. The average Bonchev–Trinajstić information content (AvgIpc) is 2.38. The maximum Gasteiger partial charge on any atom is 0.257 e. The molecule has 0 fully saturated rings. The third-order valence-corrected chi connectivity index (χ3v) is 4.48. The minimum absolute atomic E-state index is 0.0727. The number of phenols is 1. The van der Waals surface area contributed by atoms with Crippen molar-refractivity contribution < 1.29 is 9.90 Å². The number of carbonyl (C=O) groups is 1. The molecule has 7 heteroatoms. The van der Waals surface area contributed by atoms with Gasteiger partial charge in [0, 0.05) is 10.2 Å². The molecule has 20 heavy (non-hydrogen) atoms. The van der Waals surface area contributed by atoms with Crippen LogP contribution in [0.25, 0.3) is 0 Å². The van der Waals surface area contributed by atoms with Crippen LogP contribution in [0.15, 0.2) is 43.7 Å². The van der Waals surface area contributed by atoms with E-state index in [2.05, 4.69) is 53.1 Å². The normalized spacial score (nSPS) is 10.4. The van der Waals surface area contributed by atoms with Crippen LogP contribution in [-0.4, -0.2) is 11.0 Å². The Hall–Kier alpha value is -0.560. The monoisotopic (exact) mass is 481 g/mol. The molecule has 0 aliphatic rings. The number of anilines is 1. The molecule has 2 rings (SSSR count). The van der Waals surface area contributed by atoms with Crippen molar-refractivity contribution >= 4 is 71.0 Å². The maximum atomic E-state index is 12.2. The second kappa shape index (κ2) is 6.47. The summed E-state index contributed by atoms with van der Waals surface area (Å²) in [6.45, 7) is 0. The van der Waals surface area contributed by atoms with Crippen LogP contribution in [0.4, 0.5) is 5.69 Å². The third kappa shape index (κ3) is 3.55. The van der Waals surface area contributed by atoms with Crippen molar-refractivity contribution in [3.63, 3.8) is 0 Å². The van der Waals surface area contributed by atoms with E-state index in [0.29, 0.717) is 25.2 Å².